The number of carbonyl (C=O) groups excluding carboxylic acids is 1. The van der Waals surface area contributed by atoms with Crippen molar-refractivity contribution in [2.75, 3.05) is 7.11 Å². The molecule has 0 radical (unpaired) electrons. The van der Waals surface area contributed by atoms with Gasteiger partial charge in [0.15, 0.2) is 0 Å². The molecule has 0 saturated carbocycles. The monoisotopic (exact) mass is 387 g/mol. The van der Waals surface area contributed by atoms with E-state index in [2.05, 4.69) is 9.46 Å². The highest BCUT2D eigenvalue weighted by atomic mass is 35.5. The van der Waals surface area contributed by atoms with Gasteiger partial charge in [0, 0.05) is 6.04 Å². The summed E-state index contributed by atoms with van der Waals surface area (Å²) in [6, 6.07) is 9.96. The van der Waals surface area contributed by atoms with Gasteiger partial charge >= 0.3 is 5.97 Å². The Morgan fingerprint density at radius 1 is 1.12 bits per heavy atom. The van der Waals surface area contributed by atoms with Gasteiger partial charge in [0.2, 0.25) is 10.0 Å². The smallest absolute Gasteiger partial charge is 0.337 e. The normalized spacial score (nSPS) is 12.7. The minimum absolute atomic E-state index is 0.0303. The van der Waals surface area contributed by atoms with Crippen molar-refractivity contribution in [2.45, 2.75) is 17.9 Å². The quantitative estimate of drug-likeness (QED) is 0.791. The van der Waals surface area contributed by atoms with Gasteiger partial charge in [-0.1, -0.05) is 35.3 Å². The van der Waals surface area contributed by atoms with Gasteiger partial charge in [0.05, 0.1) is 27.6 Å². The Hall–Kier alpha value is -1.60. The second-order valence-corrected chi connectivity index (χ2v) is 7.56. The van der Waals surface area contributed by atoms with Crippen LogP contribution in [0.4, 0.5) is 0 Å². The zero-order valence-electron chi connectivity index (χ0n) is 12.9. The predicted octanol–water partition coefficient (Wildman–Crippen LogP) is 3.82. The first kappa shape index (κ1) is 18.7. The first-order valence-electron chi connectivity index (χ1n) is 6.90. The topological polar surface area (TPSA) is 72.5 Å². The van der Waals surface area contributed by atoms with Crippen molar-refractivity contribution < 1.29 is 17.9 Å². The average molecular weight is 388 g/mol. The number of ether oxygens (including phenoxy) is 1. The van der Waals surface area contributed by atoms with Crippen molar-refractivity contribution in [3.8, 4) is 0 Å². The Kier molecular flexibility index (Phi) is 5.87. The second-order valence-electron chi connectivity index (χ2n) is 5.04. The molecule has 0 heterocycles. The van der Waals surface area contributed by atoms with Gasteiger partial charge in [-0.2, -0.15) is 0 Å². The molecular weight excluding hydrogens is 373 g/mol. The van der Waals surface area contributed by atoms with Crippen LogP contribution in [-0.2, 0) is 14.8 Å². The maximum absolute atomic E-state index is 12.5. The highest BCUT2D eigenvalue weighted by Gasteiger charge is 2.20. The number of carbonyl (C=O) groups is 1. The van der Waals surface area contributed by atoms with E-state index in [9.17, 15) is 13.2 Å². The molecule has 5 nitrogen and oxygen atoms in total. The van der Waals surface area contributed by atoms with Gasteiger partial charge in [-0.3, -0.25) is 0 Å². The molecular formula is C16H15Cl2NO4S. The molecule has 0 aliphatic carbocycles. The number of benzene rings is 2. The SMILES string of the molecule is COC(=O)c1cccc(S(=O)(=O)N[C@H](C)c2ccc(Cl)c(Cl)c2)c1. The van der Waals surface area contributed by atoms with Crippen LogP contribution < -0.4 is 4.72 Å². The van der Waals surface area contributed by atoms with Crippen LogP contribution in [0.3, 0.4) is 0 Å². The number of methoxy groups -OCH3 is 1. The third kappa shape index (κ3) is 4.27. The van der Waals surface area contributed by atoms with Gasteiger partial charge in [-0.15, -0.1) is 0 Å². The summed E-state index contributed by atoms with van der Waals surface area (Å²) in [5.74, 6) is -0.607. The largest absolute Gasteiger partial charge is 0.465 e. The average Bonchev–Trinajstić information content (AvgIpc) is 2.56. The van der Waals surface area contributed by atoms with Crippen LogP contribution in [0, 0.1) is 0 Å². The third-order valence-electron chi connectivity index (χ3n) is 3.34. The Labute approximate surface area is 150 Å². The zero-order valence-corrected chi connectivity index (χ0v) is 15.2. The van der Waals surface area contributed by atoms with Crippen molar-refractivity contribution >= 4 is 39.2 Å². The summed E-state index contributed by atoms with van der Waals surface area (Å²) < 4.78 is 32.2. The number of esters is 1. The van der Waals surface area contributed by atoms with E-state index in [1.54, 1.807) is 25.1 Å². The van der Waals surface area contributed by atoms with E-state index in [1.807, 2.05) is 0 Å². The van der Waals surface area contributed by atoms with E-state index in [-0.39, 0.29) is 10.5 Å². The van der Waals surface area contributed by atoms with Crippen molar-refractivity contribution in [1.29, 1.82) is 0 Å². The van der Waals surface area contributed by atoms with Gasteiger partial charge in [0.25, 0.3) is 0 Å². The first-order chi connectivity index (χ1) is 11.2. The Bertz CT molecular complexity index is 868. The van der Waals surface area contributed by atoms with Gasteiger partial charge in [-0.25, -0.2) is 17.9 Å². The summed E-state index contributed by atoms with van der Waals surface area (Å²) in [4.78, 5) is 11.5. The summed E-state index contributed by atoms with van der Waals surface area (Å²) in [6.07, 6.45) is 0. The van der Waals surface area contributed by atoms with Crippen molar-refractivity contribution in [3.63, 3.8) is 0 Å². The van der Waals surface area contributed by atoms with E-state index >= 15 is 0 Å². The lowest BCUT2D eigenvalue weighted by atomic mass is 10.1. The molecule has 0 aromatic heterocycles. The lowest BCUT2D eigenvalue weighted by Crippen LogP contribution is -2.27. The molecule has 128 valence electrons. The molecule has 0 amide bonds. The lowest BCUT2D eigenvalue weighted by Gasteiger charge is -2.15. The number of halogens is 2. The maximum atomic E-state index is 12.5. The summed E-state index contributed by atoms with van der Waals surface area (Å²) in [6.45, 7) is 1.68. The molecule has 0 saturated heterocycles. The summed E-state index contributed by atoms with van der Waals surface area (Å²) >= 11 is 11.8. The molecule has 0 spiro atoms. The maximum Gasteiger partial charge on any atom is 0.337 e. The molecule has 0 aliphatic heterocycles. The fourth-order valence-electron chi connectivity index (χ4n) is 2.06. The van der Waals surface area contributed by atoms with Crippen LogP contribution in [-0.4, -0.2) is 21.5 Å². The number of sulfonamides is 1. The highest BCUT2D eigenvalue weighted by Crippen LogP contribution is 2.26. The molecule has 0 bridgehead atoms. The van der Waals surface area contributed by atoms with E-state index in [0.717, 1.165) is 0 Å². The lowest BCUT2D eigenvalue weighted by molar-refractivity contribution is 0.0600. The molecule has 2 aromatic carbocycles. The molecule has 0 unspecified atom stereocenters. The zero-order chi connectivity index (χ0) is 17.9. The van der Waals surface area contributed by atoms with Gasteiger partial charge in [0.1, 0.15) is 0 Å². The number of rotatable bonds is 5. The van der Waals surface area contributed by atoms with Crippen LogP contribution in [0.1, 0.15) is 28.9 Å². The van der Waals surface area contributed by atoms with Crippen LogP contribution in [0.2, 0.25) is 10.0 Å². The van der Waals surface area contributed by atoms with Crippen molar-refractivity contribution in [1.82, 2.24) is 4.72 Å². The summed E-state index contributed by atoms with van der Waals surface area (Å²) in [5, 5.41) is 0.731. The second kappa shape index (κ2) is 7.53. The minimum Gasteiger partial charge on any atom is -0.465 e. The Balaban J connectivity index is 2.27. The number of hydrogen-bond acceptors (Lipinski definition) is 4. The molecule has 1 N–H and O–H groups in total. The van der Waals surface area contributed by atoms with Crippen molar-refractivity contribution in [2.24, 2.45) is 0 Å². The summed E-state index contributed by atoms with van der Waals surface area (Å²) in [5.41, 5.74) is 0.819. The molecule has 0 fully saturated rings. The molecule has 2 rings (SSSR count). The molecule has 2 aromatic rings. The van der Waals surface area contributed by atoms with E-state index in [1.165, 1.54) is 31.4 Å². The minimum atomic E-state index is -3.83. The Morgan fingerprint density at radius 2 is 1.83 bits per heavy atom. The molecule has 1 atom stereocenters. The van der Waals surface area contributed by atoms with Crippen LogP contribution >= 0.6 is 23.2 Å². The van der Waals surface area contributed by atoms with Crippen LogP contribution in [0.25, 0.3) is 0 Å². The Morgan fingerprint density at radius 3 is 2.46 bits per heavy atom. The van der Waals surface area contributed by atoms with Crippen LogP contribution in [0.5, 0.6) is 0 Å². The standard InChI is InChI=1S/C16H15Cl2NO4S/c1-10(11-6-7-14(17)15(18)9-11)19-24(21,22)13-5-3-4-12(8-13)16(20)23-2/h3-10,19H,1-2H3/t10-/m1/s1. The number of nitrogens with one attached hydrogen (secondary N) is 1. The van der Waals surface area contributed by atoms with Crippen molar-refractivity contribution in [3.05, 3.63) is 63.6 Å². The summed E-state index contributed by atoms with van der Waals surface area (Å²) in [7, 11) is -2.60. The van der Waals surface area contributed by atoms with E-state index < -0.39 is 22.0 Å². The highest BCUT2D eigenvalue weighted by molar-refractivity contribution is 7.89. The third-order valence-corrected chi connectivity index (χ3v) is 5.62. The molecule has 0 aliphatic rings. The van der Waals surface area contributed by atoms with Crippen LogP contribution in [0.15, 0.2) is 47.4 Å². The first-order valence-corrected chi connectivity index (χ1v) is 9.14. The fourth-order valence-corrected chi connectivity index (χ4v) is 3.64. The molecule has 8 heteroatoms. The predicted molar refractivity (Wildman–Crippen MR) is 93.0 cm³/mol. The van der Waals surface area contributed by atoms with Gasteiger partial charge in [-0.05, 0) is 42.8 Å². The van der Waals surface area contributed by atoms with E-state index in [0.29, 0.717) is 15.6 Å². The van der Waals surface area contributed by atoms with E-state index in [4.69, 9.17) is 23.2 Å². The van der Waals surface area contributed by atoms with Gasteiger partial charge < -0.3 is 4.74 Å². The number of hydrogen-bond donors (Lipinski definition) is 1. The fraction of sp³-hybridized carbons (Fsp3) is 0.188. The molecule has 24 heavy (non-hydrogen) atoms.